The van der Waals surface area contributed by atoms with E-state index < -0.39 is 0 Å². The Morgan fingerprint density at radius 1 is 0.865 bits per heavy atom. The van der Waals surface area contributed by atoms with Crippen molar-refractivity contribution in [3.63, 3.8) is 0 Å². The van der Waals surface area contributed by atoms with Gasteiger partial charge in [0.25, 0.3) is 0 Å². The van der Waals surface area contributed by atoms with Crippen molar-refractivity contribution in [3.05, 3.63) is 41.5 Å². The van der Waals surface area contributed by atoms with E-state index in [0.29, 0.717) is 0 Å². The fourth-order valence-corrected chi connectivity index (χ4v) is 7.12. The van der Waals surface area contributed by atoms with Gasteiger partial charge in [0.15, 0.2) is 0 Å². The van der Waals surface area contributed by atoms with Gasteiger partial charge in [-0.2, -0.15) is 0 Å². The molecular formula is C36H60O. The molecule has 1 nitrogen and oxygen atoms in total. The van der Waals surface area contributed by atoms with E-state index in [1.165, 1.54) is 125 Å². The molecule has 210 valence electrons. The van der Waals surface area contributed by atoms with Crippen LogP contribution in [0.15, 0.2) is 24.8 Å². The monoisotopic (exact) mass is 508 g/mol. The van der Waals surface area contributed by atoms with Crippen LogP contribution in [0.2, 0.25) is 0 Å². The van der Waals surface area contributed by atoms with Crippen LogP contribution >= 0.6 is 0 Å². The normalized spacial score (nSPS) is 26.6. The summed E-state index contributed by atoms with van der Waals surface area (Å²) in [6.07, 6.45) is 26.3. The summed E-state index contributed by atoms with van der Waals surface area (Å²) < 4.78 is 6.82. The van der Waals surface area contributed by atoms with Gasteiger partial charge >= 0.3 is 0 Å². The van der Waals surface area contributed by atoms with Crippen LogP contribution < -0.4 is 4.74 Å². The molecule has 0 amide bonds. The Hall–Kier alpha value is -1.24. The van der Waals surface area contributed by atoms with E-state index in [2.05, 4.69) is 66.3 Å². The average Bonchev–Trinajstić information content (AvgIpc) is 2.83. The van der Waals surface area contributed by atoms with E-state index >= 15 is 0 Å². The minimum atomic E-state index is 0.124. The molecule has 37 heavy (non-hydrogen) atoms. The molecule has 0 N–H and O–H groups in total. The van der Waals surface area contributed by atoms with Crippen molar-refractivity contribution in [1.82, 2.24) is 0 Å². The van der Waals surface area contributed by atoms with Crippen molar-refractivity contribution in [2.45, 2.75) is 174 Å². The molecule has 2 atom stereocenters. The smallest absolute Gasteiger partial charge is 0.127 e. The lowest BCUT2D eigenvalue weighted by Crippen LogP contribution is -2.39. The number of benzene rings is 1. The minimum Gasteiger partial charge on any atom is -0.486 e. The van der Waals surface area contributed by atoms with Crippen LogP contribution in [0.3, 0.4) is 0 Å². The van der Waals surface area contributed by atoms with Crippen molar-refractivity contribution < 1.29 is 4.74 Å². The van der Waals surface area contributed by atoms with Gasteiger partial charge in [0.2, 0.25) is 0 Å². The van der Waals surface area contributed by atoms with Crippen LogP contribution in [0, 0.1) is 5.41 Å². The van der Waals surface area contributed by atoms with Crippen molar-refractivity contribution in [1.29, 1.82) is 0 Å². The Labute approximate surface area is 231 Å². The molecule has 1 heteroatoms. The third kappa shape index (κ3) is 8.63. The first-order valence-corrected chi connectivity index (χ1v) is 16.1. The summed E-state index contributed by atoms with van der Waals surface area (Å²) in [7, 11) is 0. The average molecular weight is 509 g/mol. The molecule has 0 saturated heterocycles. The molecule has 0 fully saturated rings. The van der Waals surface area contributed by atoms with E-state index in [9.17, 15) is 0 Å². The fraction of sp³-hybridized carbons (Fsp3) is 0.778. The lowest BCUT2D eigenvalue weighted by atomic mass is 9.65. The van der Waals surface area contributed by atoms with Gasteiger partial charge in [0.1, 0.15) is 11.9 Å². The number of rotatable bonds is 3. The van der Waals surface area contributed by atoms with Gasteiger partial charge in [0, 0.05) is 11.0 Å². The zero-order valence-corrected chi connectivity index (χ0v) is 25.7. The van der Waals surface area contributed by atoms with Gasteiger partial charge < -0.3 is 4.74 Å². The molecule has 1 aromatic rings. The number of hydrogen-bond acceptors (Lipinski definition) is 1. The number of hydrogen-bond donors (Lipinski definition) is 0. The highest BCUT2D eigenvalue weighted by molar-refractivity contribution is 5.52. The maximum atomic E-state index is 6.82. The second kappa shape index (κ2) is 13.7. The molecule has 2 unspecified atom stereocenters. The summed E-state index contributed by atoms with van der Waals surface area (Å²) >= 11 is 0. The Morgan fingerprint density at radius 3 is 1.92 bits per heavy atom. The van der Waals surface area contributed by atoms with E-state index in [1.807, 2.05) is 0 Å². The molecule has 3 rings (SSSR count). The Kier molecular flexibility index (Phi) is 11.2. The zero-order chi connectivity index (χ0) is 26.9. The fourth-order valence-electron chi connectivity index (χ4n) is 7.12. The van der Waals surface area contributed by atoms with Crippen molar-refractivity contribution in [3.8, 4) is 5.75 Å². The predicted octanol–water partition coefficient (Wildman–Crippen LogP) is 11.4. The van der Waals surface area contributed by atoms with Gasteiger partial charge in [-0.1, -0.05) is 150 Å². The summed E-state index contributed by atoms with van der Waals surface area (Å²) in [6, 6.07) is 5.07. The maximum absolute atomic E-state index is 6.82. The zero-order valence-electron chi connectivity index (χ0n) is 25.7. The van der Waals surface area contributed by atoms with Crippen LogP contribution in [0.1, 0.15) is 167 Å². The van der Waals surface area contributed by atoms with Crippen LogP contribution in [0.4, 0.5) is 0 Å². The molecule has 0 radical (unpaired) electrons. The number of ether oxygens (including phenoxy) is 1. The third-order valence-electron chi connectivity index (χ3n) is 9.38. The van der Waals surface area contributed by atoms with Gasteiger partial charge in [-0.3, -0.25) is 0 Å². The Morgan fingerprint density at radius 2 is 1.41 bits per heavy atom. The van der Waals surface area contributed by atoms with E-state index in [0.717, 1.165) is 12.8 Å². The molecule has 4 bridgehead atoms. The summed E-state index contributed by atoms with van der Waals surface area (Å²) in [5, 5.41) is 0. The maximum Gasteiger partial charge on any atom is 0.127 e. The quantitative estimate of drug-likeness (QED) is 0.369. The highest BCUT2D eigenvalue weighted by atomic mass is 16.5. The summed E-state index contributed by atoms with van der Waals surface area (Å²) in [4.78, 5) is 0. The van der Waals surface area contributed by atoms with Crippen molar-refractivity contribution >= 4 is 0 Å². The molecule has 1 heterocycles. The van der Waals surface area contributed by atoms with Crippen molar-refractivity contribution in [2.24, 2.45) is 5.41 Å². The topological polar surface area (TPSA) is 9.23 Å². The molecule has 1 aromatic carbocycles. The van der Waals surface area contributed by atoms with Crippen molar-refractivity contribution in [2.75, 3.05) is 0 Å². The van der Waals surface area contributed by atoms with Gasteiger partial charge in [-0.15, -0.1) is 0 Å². The molecule has 0 spiro atoms. The molecule has 1 aliphatic carbocycles. The predicted molar refractivity (Wildman–Crippen MR) is 163 cm³/mol. The SMILES string of the molecule is C=CC1CC2(CCC)CCCCCCCCCCCCCCC(C)(C)Cc3cc(C(C)(C)C)cc2c3O1. The summed E-state index contributed by atoms with van der Waals surface area (Å²) in [5.74, 6) is 1.22. The van der Waals surface area contributed by atoms with E-state index in [4.69, 9.17) is 4.74 Å². The lowest BCUT2D eigenvalue weighted by Gasteiger charge is -2.44. The van der Waals surface area contributed by atoms with Crippen LogP contribution in [0.5, 0.6) is 5.75 Å². The van der Waals surface area contributed by atoms with Gasteiger partial charge in [0.05, 0.1) is 0 Å². The van der Waals surface area contributed by atoms with E-state index in [-0.39, 0.29) is 22.3 Å². The first-order valence-electron chi connectivity index (χ1n) is 16.1. The van der Waals surface area contributed by atoms with Gasteiger partial charge in [-0.25, -0.2) is 0 Å². The second-order valence-electron chi connectivity index (χ2n) is 14.5. The molecular weight excluding hydrogens is 448 g/mol. The molecule has 0 aromatic heterocycles. The summed E-state index contributed by atoms with van der Waals surface area (Å²) in [5.41, 5.74) is 5.09. The first-order chi connectivity index (χ1) is 17.6. The molecule has 1 aliphatic heterocycles. The standard InChI is InChI=1S/C36H60O/c1-8-22-36-24-21-19-17-15-13-11-10-12-14-16-18-20-23-35(6,7)27-29-25-30(34(3,4)5)26-32(36)33(29)37-31(9-2)28-36/h9,25-26,31H,2,8,10-24,27-28H2,1,3-7H3. The second-order valence-corrected chi connectivity index (χ2v) is 14.5. The first kappa shape index (κ1) is 30.3. The van der Waals surface area contributed by atoms with Crippen LogP contribution in [0.25, 0.3) is 0 Å². The molecule has 2 aliphatic rings. The largest absolute Gasteiger partial charge is 0.486 e. The summed E-state index contributed by atoms with van der Waals surface area (Å²) in [6.45, 7) is 18.7. The highest BCUT2D eigenvalue weighted by Gasteiger charge is 2.42. The Balaban J connectivity index is 2.04. The highest BCUT2D eigenvalue weighted by Crippen LogP contribution is 2.51. The van der Waals surface area contributed by atoms with Crippen LogP contribution in [-0.4, -0.2) is 6.10 Å². The minimum absolute atomic E-state index is 0.124. The van der Waals surface area contributed by atoms with Crippen LogP contribution in [-0.2, 0) is 17.3 Å². The lowest BCUT2D eigenvalue weighted by molar-refractivity contribution is 0.139. The van der Waals surface area contributed by atoms with E-state index in [1.54, 1.807) is 0 Å². The van der Waals surface area contributed by atoms with Gasteiger partial charge in [-0.05, 0) is 54.1 Å². The third-order valence-corrected chi connectivity index (χ3v) is 9.38. The molecule has 0 saturated carbocycles. The Bertz CT molecular complexity index is 841.